The highest BCUT2D eigenvalue weighted by Gasteiger charge is 2.68. The SMILES string of the molecule is NC[C@@H]1[C@@H](c2cccs2)C1(F)F. The summed E-state index contributed by atoms with van der Waals surface area (Å²) in [6.07, 6.45) is 0. The van der Waals surface area contributed by atoms with E-state index in [1.807, 2.05) is 5.38 Å². The molecule has 0 amide bonds. The van der Waals surface area contributed by atoms with E-state index in [2.05, 4.69) is 0 Å². The first-order valence-electron chi connectivity index (χ1n) is 3.79. The van der Waals surface area contributed by atoms with E-state index in [9.17, 15) is 8.78 Å². The smallest absolute Gasteiger partial charge is 0.261 e. The molecule has 0 unspecified atom stereocenters. The second kappa shape index (κ2) is 2.50. The minimum absolute atomic E-state index is 0.0789. The van der Waals surface area contributed by atoms with E-state index in [4.69, 9.17) is 5.73 Å². The molecule has 66 valence electrons. The average Bonchev–Trinajstić information content (AvgIpc) is 2.50. The molecule has 1 nitrogen and oxygen atoms in total. The van der Waals surface area contributed by atoms with Crippen LogP contribution in [-0.4, -0.2) is 12.5 Å². The number of halogens is 2. The summed E-state index contributed by atoms with van der Waals surface area (Å²) >= 11 is 1.38. The molecule has 2 atom stereocenters. The molecule has 2 N–H and O–H groups in total. The molecular weight excluding hydrogens is 180 g/mol. The van der Waals surface area contributed by atoms with Crippen LogP contribution in [0.2, 0.25) is 0 Å². The van der Waals surface area contributed by atoms with Crippen LogP contribution in [0.25, 0.3) is 0 Å². The predicted octanol–water partition coefficient (Wildman–Crippen LogP) is 2.06. The summed E-state index contributed by atoms with van der Waals surface area (Å²) in [6, 6.07) is 3.54. The second-order valence-electron chi connectivity index (χ2n) is 3.01. The third-order valence-corrected chi connectivity index (χ3v) is 3.26. The van der Waals surface area contributed by atoms with Crippen molar-refractivity contribution in [2.45, 2.75) is 11.8 Å². The zero-order chi connectivity index (χ0) is 8.77. The fourth-order valence-electron chi connectivity index (χ4n) is 1.54. The third kappa shape index (κ3) is 0.983. The van der Waals surface area contributed by atoms with Crippen LogP contribution >= 0.6 is 11.3 Å². The van der Waals surface area contributed by atoms with Gasteiger partial charge in [0.1, 0.15) is 0 Å². The number of rotatable bonds is 2. The monoisotopic (exact) mass is 189 g/mol. The Hall–Kier alpha value is -0.480. The summed E-state index contributed by atoms with van der Waals surface area (Å²) in [7, 11) is 0. The van der Waals surface area contributed by atoms with Crippen LogP contribution < -0.4 is 5.73 Å². The van der Waals surface area contributed by atoms with E-state index in [1.165, 1.54) is 11.3 Å². The first kappa shape index (κ1) is 8.13. The van der Waals surface area contributed by atoms with Crippen LogP contribution in [0.1, 0.15) is 10.8 Å². The molecule has 2 rings (SSSR count). The first-order valence-corrected chi connectivity index (χ1v) is 4.67. The fraction of sp³-hybridized carbons (Fsp3) is 0.500. The van der Waals surface area contributed by atoms with Gasteiger partial charge in [-0.15, -0.1) is 11.3 Å². The molecule has 1 aromatic heterocycles. The van der Waals surface area contributed by atoms with Gasteiger partial charge in [0, 0.05) is 17.3 Å². The maximum atomic E-state index is 13.0. The highest BCUT2D eigenvalue weighted by molar-refractivity contribution is 7.10. The summed E-state index contributed by atoms with van der Waals surface area (Å²) < 4.78 is 25.9. The van der Waals surface area contributed by atoms with Gasteiger partial charge in [-0.3, -0.25) is 0 Å². The van der Waals surface area contributed by atoms with Crippen LogP contribution in [0.5, 0.6) is 0 Å². The lowest BCUT2D eigenvalue weighted by atomic mass is 10.3. The lowest BCUT2D eigenvalue weighted by Gasteiger charge is -1.90. The zero-order valence-electron chi connectivity index (χ0n) is 6.34. The van der Waals surface area contributed by atoms with Gasteiger partial charge in [-0.05, 0) is 11.4 Å². The van der Waals surface area contributed by atoms with E-state index in [-0.39, 0.29) is 6.54 Å². The predicted molar refractivity (Wildman–Crippen MR) is 44.6 cm³/mol. The Labute approximate surface area is 73.2 Å². The van der Waals surface area contributed by atoms with Crippen LogP contribution in [-0.2, 0) is 0 Å². The summed E-state index contributed by atoms with van der Waals surface area (Å²) in [5.41, 5.74) is 5.23. The molecule has 0 radical (unpaired) electrons. The molecule has 1 aromatic rings. The molecule has 0 aromatic carbocycles. The molecule has 0 bridgehead atoms. The van der Waals surface area contributed by atoms with Crippen molar-refractivity contribution in [3.8, 4) is 0 Å². The van der Waals surface area contributed by atoms with Crippen molar-refractivity contribution in [3.05, 3.63) is 22.4 Å². The van der Waals surface area contributed by atoms with Gasteiger partial charge in [-0.1, -0.05) is 6.07 Å². The minimum Gasteiger partial charge on any atom is -0.330 e. The Bertz CT molecular complexity index is 271. The van der Waals surface area contributed by atoms with Crippen LogP contribution in [0.15, 0.2) is 17.5 Å². The number of nitrogens with two attached hydrogens (primary N) is 1. The number of alkyl halides is 2. The second-order valence-corrected chi connectivity index (χ2v) is 3.99. The highest BCUT2D eigenvalue weighted by Crippen LogP contribution is 2.61. The Balaban J connectivity index is 2.19. The van der Waals surface area contributed by atoms with Crippen molar-refractivity contribution in [1.82, 2.24) is 0 Å². The number of hydrogen-bond acceptors (Lipinski definition) is 2. The highest BCUT2D eigenvalue weighted by atomic mass is 32.1. The molecule has 1 fully saturated rings. The Kier molecular flexibility index (Phi) is 1.70. The Morgan fingerprint density at radius 1 is 1.58 bits per heavy atom. The molecule has 1 aliphatic rings. The van der Waals surface area contributed by atoms with Crippen LogP contribution in [0, 0.1) is 5.92 Å². The fourth-order valence-corrected chi connectivity index (χ4v) is 2.48. The Morgan fingerprint density at radius 2 is 2.33 bits per heavy atom. The average molecular weight is 189 g/mol. The van der Waals surface area contributed by atoms with Crippen molar-refractivity contribution in [1.29, 1.82) is 0 Å². The van der Waals surface area contributed by atoms with Crippen molar-refractivity contribution in [3.63, 3.8) is 0 Å². The van der Waals surface area contributed by atoms with Gasteiger partial charge in [-0.2, -0.15) is 0 Å². The lowest BCUT2D eigenvalue weighted by molar-refractivity contribution is 0.0950. The van der Waals surface area contributed by atoms with E-state index in [1.54, 1.807) is 12.1 Å². The van der Waals surface area contributed by atoms with Gasteiger partial charge in [0.25, 0.3) is 5.92 Å². The lowest BCUT2D eigenvalue weighted by Crippen LogP contribution is -2.06. The van der Waals surface area contributed by atoms with E-state index < -0.39 is 17.8 Å². The topological polar surface area (TPSA) is 26.0 Å². The maximum Gasteiger partial charge on any atom is 0.261 e. The minimum atomic E-state index is -2.56. The van der Waals surface area contributed by atoms with Crippen molar-refractivity contribution in [2.24, 2.45) is 11.7 Å². The van der Waals surface area contributed by atoms with Gasteiger partial charge < -0.3 is 5.73 Å². The molecule has 1 aliphatic carbocycles. The summed E-state index contributed by atoms with van der Waals surface area (Å²) in [6.45, 7) is 0.0789. The molecule has 0 spiro atoms. The van der Waals surface area contributed by atoms with Crippen molar-refractivity contribution < 1.29 is 8.78 Å². The normalized spacial score (nSPS) is 31.9. The molecule has 1 heterocycles. The summed E-state index contributed by atoms with van der Waals surface area (Å²) in [4.78, 5) is 0.760. The van der Waals surface area contributed by atoms with Crippen LogP contribution in [0.4, 0.5) is 8.78 Å². The van der Waals surface area contributed by atoms with E-state index in [0.717, 1.165) is 4.88 Å². The quantitative estimate of drug-likeness (QED) is 0.757. The first-order chi connectivity index (χ1) is 5.68. The van der Waals surface area contributed by atoms with Gasteiger partial charge in [0.15, 0.2) is 0 Å². The van der Waals surface area contributed by atoms with Crippen LogP contribution in [0.3, 0.4) is 0 Å². The third-order valence-electron chi connectivity index (χ3n) is 2.31. The van der Waals surface area contributed by atoms with Gasteiger partial charge in [-0.25, -0.2) is 8.78 Å². The molecule has 1 saturated carbocycles. The molecule has 12 heavy (non-hydrogen) atoms. The summed E-state index contributed by atoms with van der Waals surface area (Å²) in [5, 5.41) is 1.82. The van der Waals surface area contributed by atoms with Crippen molar-refractivity contribution in [2.75, 3.05) is 6.54 Å². The summed E-state index contributed by atoms with van der Waals surface area (Å²) in [5.74, 6) is -3.79. The molecule has 0 saturated heterocycles. The zero-order valence-corrected chi connectivity index (χ0v) is 7.15. The molecular formula is C8H9F2NS. The van der Waals surface area contributed by atoms with Gasteiger partial charge in [0.2, 0.25) is 0 Å². The Morgan fingerprint density at radius 3 is 2.75 bits per heavy atom. The maximum absolute atomic E-state index is 13.0. The van der Waals surface area contributed by atoms with Gasteiger partial charge >= 0.3 is 0 Å². The number of hydrogen-bond donors (Lipinski definition) is 1. The molecule has 0 aliphatic heterocycles. The van der Waals surface area contributed by atoms with Crippen molar-refractivity contribution >= 4 is 11.3 Å². The van der Waals surface area contributed by atoms with E-state index in [0.29, 0.717) is 0 Å². The van der Waals surface area contributed by atoms with E-state index >= 15 is 0 Å². The number of thiophene rings is 1. The largest absolute Gasteiger partial charge is 0.330 e. The molecule has 4 heteroatoms. The van der Waals surface area contributed by atoms with Gasteiger partial charge in [0.05, 0.1) is 5.92 Å². The standard InChI is InChI=1S/C8H9F2NS/c9-8(10)5(4-11)7(8)6-2-1-3-12-6/h1-3,5,7H,4,11H2/t5-,7+/m1/s1.